The van der Waals surface area contributed by atoms with E-state index in [4.69, 9.17) is 0 Å². The molecule has 0 atom stereocenters. The van der Waals surface area contributed by atoms with Gasteiger partial charge in [-0.15, -0.1) is 0 Å². The summed E-state index contributed by atoms with van der Waals surface area (Å²) in [6, 6.07) is 0. The first-order valence-electron chi connectivity index (χ1n) is 3.03. The normalized spacial score (nSPS) is 10.1. The summed E-state index contributed by atoms with van der Waals surface area (Å²) in [7, 11) is 4.10. The second-order valence-electron chi connectivity index (χ2n) is 2.23. The highest BCUT2D eigenvalue weighted by molar-refractivity contribution is 8.10. The summed E-state index contributed by atoms with van der Waals surface area (Å²) in [5.74, 6) is 0. The molecule has 0 saturated carbocycles. The van der Waals surface area contributed by atoms with E-state index < -0.39 is 0 Å². The van der Waals surface area contributed by atoms with E-state index in [1.54, 1.807) is 0 Å². The zero-order valence-corrected chi connectivity index (χ0v) is 6.78. The van der Waals surface area contributed by atoms with Crippen molar-refractivity contribution >= 4 is 18.6 Å². The molecule has 0 spiro atoms. The van der Waals surface area contributed by atoms with Crippen molar-refractivity contribution in [1.82, 2.24) is 4.81 Å². The minimum Gasteiger partial charge on any atom is -0.338 e. The molecule has 0 aliphatic rings. The second-order valence-corrected chi connectivity index (χ2v) is 2.83. The van der Waals surface area contributed by atoms with E-state index in [-0.39, 0.29) is 0 Å². The molecule has 0 aromatic rings. The maximum atomic E-state index is 4.33. The summed E-state index contributed by atoms with van der Waals surface area (Å²) < 4.78 is 0. The first kappa shape index (κ1) is 8.37. The minimum atomic E-state index is 0.444. The van der Waals surface area contributed by atoms with Gasteiger partial charge in [0.2, 0.25) is 0 Å². The average Bonchev–Trinajstić information content (AvgIpc) is 1.67. The van der Waals surface area contributed by atoms with Crippen molar-refractivity contribution in [1.29, 1.82) is 0 Å². The second kappa shape index (κ2) is 4.27. The van der Waals surface area contributed by atoms with Crippen LogP contribution in [-0.2, 0) is 0 Å². The van der Waals surface area contributed by atoms with Crippen LogP contribution in [0.25, 0.3) is 0 Å². The number of rotatable bonds is 3. The van der Waals surface area contributed by atoms with Crippen LogP contribution < -0.4 is 0 Å². The Morgan fingerprint density at radius 3 is 2.12 bits per heavy atom. The van der Waals surface area contributed by atoms with Crippen molar-refractivity contribution in [3.05, 3.63) is 0 Å². The average molecular weight is 131 g/mol. The Labute approximate surface area is 57.9 Å². The molecule has 1 nitrogen and oxygen atoms in total. The lowest BCUT2D eigenvalue weighted by Gasteiger charge is -2.12. The fourth-order valence-electron chi connectivity index (χ4n) is 0.516. The van der Waals surface area contributed by atoms with Crippen LogP contribution in [0.1, 0.15) is 13.3 Å². The summed E-state index contributed by atoms with van der Waals surface area (Å²) in [5, 5.41) is 0. The van der Waals surface area contributed by atoms with Crippen LogP contribution >= 0.6 is 12.5 Å². The first-order valence-corrected chi connectivity index (χ1v) is 3.54. The van der Waals surface area contributed by atoms with E-state index in [1.165, 1.54) is 12.7 Å². The SMILES string of the molecule is CCCB(S)N(C)C. The van der Waals surface area contributed by atoms with Gasteiger partial charge in [-0.25, -0.2) is 12.5 Å². The van der Waals surface area contributed by atoms with Gasteiger partial charge in [0.1, 0.15) is 0 Å². The fourth-order valence-corrected chi connectivity index (χ4v) is 0.775. The molecule has 0 N–H and O–H groups in total. The van der Waals surface area contributed by atoms with Gasteiger partial charge in [-0.1, -0.05) is 13.3 Å². The van der Waals surface area contributed by atoms with Crippen LogP contribution in [0.3, 0.4) is 0 Å². The van der Waals surface area contributed by atoms with Crippen molar-refractivity contribution in [3.63, 3.8) is 0 Å². The Morgan fingerprint density at radius 1 is 1.50 bits per heavy atom. The summed E-state index contributed by atoms with van der Waals surface area (Å²) in [4.78, 5) is 2.12. The Kier molecular flexibility index (Phi) is 4.47. The topological polar surface area (TPSA) is 3.24 Å². The fraction of sp³-hybridized carbons (Fsp3) is 1.00. The van der Waals surface area contributed by atoms with E-state index in [0.29, 0.717) is 6.13 Å². The van der Waals surface area contributed by atoms with Crippen molar-refractivity contribution in [3.8, 4) is 0 Å². The predicted octanol–water partition coefficient (Wildman–Crippen LogP) is 1.38. The van der Waals surface area contributed by atoms with Crippen LogP contribution in [0.15, 0.2) is 0 Å². The third kappa shape index (κ3) is 3.39. The monoisotopic (exact) mass is 131 g/mol. The lowest BCUT2D eigenvalue weighted by Crippen LogP contribution is -2.26. The first-order chi connectivity index (χ1) is 3.68. The van der Waals surface area contributed by atoms with Gasteiger partial charge in [0.05, 0.1) is 0 Å². The molecule has 48 valence electrons. The summed E-state index contributed by atoms with van der Waals surface area (Å²) in [6.45, 7) is 2.17. The van der Waals surface area contributed by atoms with Crippen LogP contribution in [0.5, 0.6) is 0 Å². The van der Waals surface area contributed by atoms with Crippen LogP contribution in [-0.4, -0.2) is 25.0 Å². The van der Waals surface area contributed by atoms with Crippen molar-refractivity contribution in [2.75, 3.05) is 14.1 Å². The standard InChI is InChI=1S/C5H14BNS/c1-4-5-6(8)7(2)3/h8H,4-5H2,1-3H3. The molecule has 0 amide bonds. The van der Waals surface area contributed by atoms with Gasteiger partial charge in [-0.2, -0.15) is 0 Å². The number of hydrogen-bond acceptors (Lipinski definition) is 2. The highest BCUT2D eigenvalue weighted by atomic mass is 32.1. The Morgan fingerprint density at radius 2 is 2.00 bits per heavy atom. The lowest BCUT2D eigenvalue weighted by molar-refractivity contribution is 0.650. The molecule has 0 aromatic carbocycles. The zero-order chi connectivity index (χ0) is 6.57. The molecule has 0 aliphatic heterocycles. The summed E-state index contributed by atoms with van der Waals surface area (Å²) in [5.41, 5.74) is 0. The third-order valence-electron chi connectivity index (χ3n) is 1.14. The number of hydrogen-bond donors (Lipinski definition) is 1. The molecular formula is C5H14BNS. The van der Waals surface area contributed by atoms with E-state index in [0.717, 1.165) is 0 Å². The van der Waals surface area contributed by atoms with Gasteiger partial charge < -0.3 is 4.81 Å². The molecule has 0 fully saturated rings. The van der Waals surface area contributed by atoms with Crippen molar-refractivity contribution in [2.24, 2.45) is 0 Å². The molecular weight excluding hydrogens is 117 g/mol. The van der Waals surface area contributed by atoms with E-state index >= 15 is 0 Å². The molecule has 0 unspecified atom stereocenters. The Balaban J connectivity index is 3.17. The number of nitrogens with zero attached hydrogens (tertiary/aromatic N) is 1. The van der Waals surface area contributed by atoms with Crippen LogP contribution in [0, 0.1) is 0 Å². The molecule has 8 heavy (non-hydrogen) atoms. The quantitative estimate of drug-likeness (QED) is 0.447. The van der Waals surface area contributed by atoms with Gasteiger partial charge >= 0.3 is 0 Å². The van der Waals surface area contributed by atoms with Crippen LogP contribution in [0.4, 0.5) is 0 Å². The van der Waals surface area contributed by atoms with Crippen LogP contribution in [0.2, 0.25) is 6.32 Å². The maximum absolute atomic E-state index is 4.33. The largest absolute Gasteiger partial charge is 0.338 e. The van der Waals surface area contributed by atoms with Gasteiger partial charge in [0.25, 0.3) is 6.13 Å². The molecule has 0 rings (SSSR count). The molecule has 0 radical (unpaired) electrons. The van der Waals surface area contributed by atoms with Crippen molar-refractivity contribution in [2.45, 2.75) is 19.7 Å². The van der Waals surface area contributed by atoms with Crippen molar-refractivity contribution < 1.29 is 0 Å². The molecule has 3 heteroatoms. The Hall–Kier alpha value is 0.375. The van der Waals surface area contributed by atoms with Gasteiger partial charge in [0, 0.05) is 0 Å². The Bertz CT molecular complexity index is 58.4. The molecule has 0 bridgehead atoms. The summed E-state index contributed by atoms with van der Waals surface area (Å²) in [6.07, 6.45) is 2.84. The minimum absolute atomic E-state index is 0.444. The van der Waals surface area contributed by atoms with E-state index in [2.05, 4.69) is 24.2 Å². The highest BCUT2D eigenvalue weighted by Crippen LogP contribution is 2.01. The van der Waals surface area contributed by atoms with E-state index in [1.807, 2.05) is 14.1 Å². The lowest BCUT2D eigenvalue weighted by atomic mass is 9.83. The third-order valence-corrected chi connectivity index (χ3v) is 1.86. The maximum Gasteiger partial charge on any atom is 0.287 e. The number of thiol groups is 1. The summed E-state index contributed by atoms with van der Waals surface area (Å²) >= 11 is 4.33. The van der Waals surface area contributed by atoms with Gasteiger partial charge in [-0.05, 0) is 20.4 Å². The smallest absolute Gasteiger partial charge is 0.287 e. The zero-order valence-electron chi connectivity index (χ0n) is 5.89. The highest BCUT2D eigenvalue weighted by Gasteiger charge is 2.07. The molecule has 0 heterocycles. The predicted molar refractivity (Wildman–Crippen MR) is 43.5 cm³/mol. The molecule has 0 saturated heterocycles. The van der Waals surface area contributed by atoms with Gasteiger partial charge in [0.15, 0.2) is 0 Å². The van der Waals surface area contributed by atoms with Gasteiger partial charge in [-0.3, -0.25) is 0 Å². The molecule has 0 aliphatic carbocycles. The molecule has 0 aromatic heterocycles. The van der Waals surface area contributed by atoms with E-state index in [9.17, 15) is 0 Å².